The van der Waals surface area contributed by atoms with Gasteiger partial charge in [0.25, 0.3) is 0 Å². The van der Waals surface area contributed by atoms with Gasteiger partial charge in [-0.25, -0.2) is 0 Å². The number of hydrogen-bond donors (Lipinski definition) is 0. The van der Waals surface area contributed by atoms with E-state index in [9.17, 15) is 0 Å². The van der Waals surface area contributed by atoms with E-state index in [0.717, 1.165) is 0 Å². The van der Waals surface area contributed by atoms with E-state index in [1.807, 2.05) is 0 Å². The molecule has 0 radical (unpaired) electrons. The lowest BCUT2D eigenvalue weighted by Gasteiger charge is -2.30. The van der Waals surface area contributed by atoms with E-state index >= 15 is 0 Å². The highest BCUT2D eigenvalue weighted by Gasteiger charge is 2.42. The Kier molecular flexibility index (Phi) is 5.20. The molecule has 0 saturated heterocycles. The standard InChI is InChI=1S/C41H35N/c1-26-14-13-17-28(22-26)42(27-15-7-6-8-16-27)38-25-37-39(31-20-10-9-19-30(31)38)33-24-35-32(23-36(33)41(37,4)5)29-18-11-12-21-34(29)40(35,2)3/h6-25H,1-5H3. The van der Waals surface area contributed by atoms with Gasteiger partial charge in [0.1, 0.15) is 0 Å². The molecule has 6 aromatic rings. The molecule has 42 heavy (non-hydrogen) atoms. The monoisotopic (exact) mass is 541 g/mol. The molecule has 1 nitrogen and oxygen atoms in total. The van der Waals surface area contributed by atoms with E-state index in [2.05, 4.69) is 161 Å². The lowest BCUT2D eigenvalue weighted by molar-refractivity contribution is 0.652. The van der Waals surface area contributed by atoms with Gasteiger partial charge in [-0.3, -0.25) is 0 Å². The van der Waals surface area contributed by atoms with Gasteiger partial charge in [-0.1, -0.05) is 107 Å². The first kappa shape index (κ1) is 25.1. The second-order valence-corrected chi connectivity index (χ2v) is 13.1. The molecule has 0 bridgehead atoms. The van der Waals surface area contributed by atoms with E-state index in [-0.39, 0.29) is 10.8 Å². The molecule has 1 heteroatoms. The van der Waals surface area contributed by atoms with E-state index in [1.165, 1.54) is 77.9 Å². The van der Waals surface area contributed by atoms with Gasteiger partial charge in [-0.05, 0) is 105 Å². The van der Waals surface area contributed by atoms with Gasteiger partial charge >= 0.3 is 0 Å². The maximum absolute atomic E-state index is 2.53. The van der Waals surface area contributed by atoms with Crippen LogP contribution >= 0.6 is 0 Å². The highest BCUT2D eigenvalue weighted by molar-refractivity contribution is 6.10. The van der Waals surface area contributed by atoms with Crippen LogP contribution in [0, 0.1) is 6.92 Å². The third-order valence-corrected chi connectivity index (χ3v) is 9.88. The van der Waals surface area contributed by atoms with Crippen LogP contribution in [0.5, 0.6) is 0 Å². The Bertz CT molecular complexity index is 2040. The second kappa shape index (κ2) is 8.69. The van der Waals surface area contributed by atoms with Gasteiger partial charge in [-0.2, -0.15) is 0 Å². The maximum Gasteiger partial charge on any atom is 0.0543 e. The summed E-state index contributed by atoms with van der Waals surface area (Å²) in [6.07, 6.45) is 0. The summed E-state index contributed by atoms with van der Waals surface area (Å²) < 4.78 is 0. The minimum absolute atomic E-state index is 0.0289. The van der Waals surface area contributed by atoms with Crippen molar-refractivity contribution in [2.75, 3.05) is 4.90 Å². The molecule has 0 heterocycles. The van der Waals surface area contributed by atoms with Gasteiger partial charge in [0.15, 0.2) is 0 Å². The molecule has 0 amide bonds. The quantitative estimate of drug-likeness (QED) is 0.215. The topological polar surface area (TPSA) is 3.24 Å². The number of rotatable bonds is 3. The molecule has 0 aliphatic heterocycles. The first-order valence-corrected chi connectivity index (χ1v) is 15.0. The van der Waals surface area contributed by atoms with Crippen molar-refractivity contribution in [2.24, 2.45) is 0 Å². The van der Waals surface area contributed by atoms with Crippen LogP contribution in [0.15, 0.2) is 121 Å². The van der Waals surface area contributed by atoms with Gasteiger partial charge in [-0.15, -0.1) is 0 Å². The number of aryl methyl sites for hydroxylation is 1. The van der Waals surface area contributed by atoms with Crippen LogP contribution in [-0.2, 0) is 10.8 Å². The summed E-state index contributed by atoms with van der Waals surface area (Å²) in [5.74, 6) is 0. The third-order valence-electron chi connectivity index (χ3n) is 9.88. The Labute approximate surface area is 249 Å². The van der Waals surface area contributed by atoms with Gasteiger partial charge < -0.3 is 4.90 Å². The Balaban J connectivity index is 1.43. The molecule has 0 spiro atoms. The Hall–Kier alpha value is -4.62. The van der Waals surface area contributed by atoms with E-state index in [1.54, 1.807) is 0 Å². The minimum Gasteiger partial charge on any atom is -0.310 e. The van der Waals surface area contributed by atoms with E-state index in [4.69, 9.17) is 0 Å². The average molecular weight is 542 g/mol. The molecule has 8 rings (SSSR count). The predicted molar refractivity (Wildman–Crippen MR) is 178 cm³/mol. The van der Waals surface area contributed by atoms with Crippen molar-refractivity contribution in [1.29, 1.82) is 0 Å². The summed E-state index contributed by atoms with van der Waals surface area (Å²) in [6, 6.07) is 45.2. The van der Waals surface area contributed by atoms with Crippen molar-refractivity contribution in [3.63, 3.8) is 0 Å². The lowest BCUT2D eigenvalue weighted by atomic mass is 9.79. The molecule has 0 N–H and O–H groups in total. The van der Waals surface area contributed by atoms with Crippen molar-refractivity contribution in [2.45, 2.75) is 45.4 Å². The van der Waals surface area contributed by atoms with Crippen LogP contribution in [0.25, 0.3) is 33.0 Å². The van der Waals surface area contributed by atoms with Gasteiger partial charge in [0.05, 0.1) is 5.69 Å². The zero-order chi connectivity index (χ0) is 28.8. The van der Waals surface area contributed by atoms with Crippen molar-refractivity contribution in [3.8, 4) is 22.3 Å². The molecule has 2 aliphatic carbocycles. The molecule has 0 unspecified atom stereocenters. The third kappa shape index (κ3) is 3.37. The van der Waals surface area contributed by atoms with Gasteiger partial charge in [0.2, 0.25) is 0 Å². The van der Waals surface area contributed by atoms with Crippen molar-refractivity contribution in [3.05, 3.63) is 149 Å². The number of para-hydroxylation sites is 1. The Morgan fingerprint density at radius 2 is 1.07 bits per heavy atom. The smallest absolute Gasteiger partial charge is 0.0543 e. The highest BCUT2D eigenvalue weighted by Crippen LogP contribution is 2.58. The van der Waals surface area contributed by atoms with E-state index in [0.29, 0.717) is 0 Å². The average Bonchev–Trinajstić information content (AvgIpc) is 3.36. The van der Waals surface area contributed by atoms with E-state index < -0.39 is 0 Å². The molecule has 6 aromatic carbocycles. The largest absolute Gasteiger partial charge is 0.310 e. The van der Waals surface area contributed by atoms with Crippen molar-refractivity contribution >= 4 is 27.8 Å². The number of hydrogen-bond acceptors (Lipinski definition) is 1. The molecular weight excluding hydrogens is 506 g/mol. The van der Waals surface area contributed by atoms with Crippen LogP contribution in [0.2, 0.25) is 0 Å². The number of anilines is 3. The van der Waals surface area contributed by atoms with Crippen LogP contribution in [0.4, 0.5) is 17.1 Å². The van der Waals surface area contributed by atoms with Crippen LogP contribution in [0.1, 0.15) is 55.5 Å². The fraction of sp³-hybridized carbons (Fsp3) is 0.171. The zero-order valence-corrected chi connectivity index (χ0v) is 25.0. The fourth-order valence-electron chi connectivity index (χ4n) is 7.71. The molecular formula is C41H35N. The zero-order valence-electron chi connectivity index (χ0n) is 25.0. The second-order valence-electron chi connectivity index (χ2n) is 13.1. The summed E-state index contributed by atoms with van der Waals surface area (Å²) in [4.78, 5) is 2.44. The molecule has 0 fully saturated rings. The summed E-state index contributed by atoms with van der Waals surface area (Å²) in [6.45, 7) is 11.8. The van der Waals surface area contributed by atoms with Gasteiger partial charge in [0, 0.05) is 27.6 Å². The van der Waals surface area contributed by atoms with Crippen LogP contribution < -0.4 is 4.90 Å². The fourth-order valence-corrected chi connectivity index (χ4v) is 7.71. The van der Waals surface area contributed by atoms with Crippen molar-refractivity contribution < 1.29 is 0 Å². The highest BCUT2D eigenvalue weighted by atomic mass is 15.1. The minimum atomic E-state index is -0.144. The Morgan fingerprint density at radius 1 is 0.452 bits per heavy atom. The van der Waals surface area contributed by atoms with Crippen LogP contribution in [-0.4, -0.2) is 0 Å². The normalized spacial score (nSPS) is 15.2. The maximum atomic E-state index is 2.53. The first-order chi connectivity index (χ1) is 20.3. The number of nitrogens with zero attached hydrogens (tertiary/aromatic N) is 1. The SMILES string of the molecule is Cc1cccc(N(c2ccccc2)c2cc3c(c4ccccc24)-c2cc4c(cc2C3(C)C)-c2ccccc2C4(C)C)c1. The predicted octanol–water partition coefficient (Wildman–Crippen LogP) is 11.2. The summed E-state index contributed by atoms with van der Waals surface area (Å²) >= 11 is 0. The van der Waals surface area contributed by atoms with Crippen LogP contribution in [0.3, 0.4) is 0 Å². The molecule has 204 valence electrons. The molecule has 0 atom stereocenters. The summed E-state index contributed by atoms with van der Waals surface area (Å²) in [7, 11) is 0. The summed E-state index contributed by atoms with van der Waals surface area (Å²) in [5, 5.41) is 2.59. The number of benzene rings is 6. The van der Waals surface area contributed by atoms with Crippen molar-refractivity contribution in [1.82, 2.24) is 0 Å². The molecule has 0 saturated carbocycles. The Morgan fingerprint density at radius 3 is 1.86 bits per heavy atom. The summed E-state index contributed by atoms with van der Waals surface area (Å²) in [5.41, 5.74) is 15.9. The molecule has 2 aliphatic rings. The lowest BCUT2D eigenvalue weighted by Crippen LogP contribution is -2.18. The first-order valence-electron chi connectivity index (χ1n) is 15.0. The number of fused-ring (bicyclic) bond motifs is 8. The molecule has 0 aromatic heterocycles.